The third-order valence-electron chi connectivity index (χ3n) is 1.77. The van der Waals surface area contributed by atoms with Gasteiger partial charge in [-0.2, -0.15) is 0 Å². The summed E-state index contributed by atoms with van der Waals surface area (Å²) >= 11 is 0. The minimum atomic E-state index is -0.694. The fourth-order valence-electron chi connectivity index (χ4n) is 0.994. The van der Waals surface area contributed by atoms with Crippen LogP contribution in [0.2, 0.25) is 0 Å². The van der Waals surface area contributed by atoms with Gasteiger partial charge in [0.2, 0.25) is 0 Å². The van der Waals surface area contributed by atoms with Gasteiger partial charge in [-0.15, -0.1) is 0 Å². The van der Waals surface area contributed by atoms with E-state index >= 15 is 0 Å². The van der Waals surface area contributed by atoms with Gasteiger partial charge in [-0.05, 0) is 5.56 Å². The van der Waals surface area contributed by atoms with Crippen LogP contribution in [0, 0.1) is 0 Å². The van der Waals surface area contributed by atoms with Crippen LogP contribution in [0.4, 0.5) is 0 Å². The number of nitrogens with two attached hydrogens (primary N) is 1. The number of hydrogen-bond acceptors (Lipinski definition) is 3. The third-order valence-corrected chi connectivity index (χ3v) is 1.77. The maximum Gasteiger partial charge on any atom is 0.326 e. The first-order valence-corrected chi connectivity index (χ1v) is 4.30. The first-order valence-electron chi connectivity index (χ1n) is 4.30. The second-order valence-corrected chi connectivity index (χ2v) is 2.82. The molecule has 0 unspecified atom stereocenters. The number of esters is 1. The Balaban J connectivity index is 2.60. The van der Waals surface area contributed by atoms with Gasteiger partial charge in [-0.1, -0.05) is 42.5 Å². The average molecular weight is 191 g/mol. The molecule has 0 saturated heterocycles. The summed E-state index contributed by atoms with van der Waals surface area (Å²) in [4.78, 5) is 10.9. The highest BCUT2D eigenvalue weighted by atomic mass is 16.5. The van der Waals surface area contributed by atoms with Crippen LogP contribution in [-0.2, 0) is 9.53 Å². The van der Waals surface area contributed by atoms with Gasteiger partial charge in [0.1, 0.15) is 6.04 Å². The predicted molar refractivity (Wildman–Crippen MR) is 55.5 cm³/mol. The van der Waals surface area contributed by atoms with E-state index in [1.807, 2.05) is 30.3 Å². The lowest BCUT2D eigenvalue weighted by Crippen LogP contribution is -2.28. The van der Waals surface area contributed by atoms with Gasteiger partial charge < -0.3 is 10.5 Å². The predicted octanol–water partition coefficient (Wildman–Crippen LogP) is 1.20. The van der Waals surface area contributed by atoms with Crippen LogP contribution in [0.5, 0.6) is 0 Å². The molecule has 0 heterocycles. The average Bonchev–Trinajstić information content (AvgIpc) is 2.26. The van der Waals surface area contributed by atoms with Crippen molar-refractivity contribution in [3.8, 4) is 0 Å². The molecule has 0 aromatic heterocycles. The Morgan fingerprint density at radius 3 is 2.64 bits per heavy atom. The van der Waals surface area contributed by atoms with E-state index in [9.17, 15) is 4.79 Å². The zero-order valence-electron chi connectivity index (χ0n) is 8.01. The molecule has 14 heavy (non-hydrogen) atoms. The smallest absolute Gasteiger partial charge is 0.326 e. The molecular formula is C11H13NO2. The van der Waals surface area contributed by atoms with Crippen LogP contribution in [-0.4, -0.2) is 19.1 Å². The summed E-state index contributed by atoms with van der Waals surface area (Å²) in [7, 11) is 1.32. The maximum absolute atomic E-state index is 10.9. The summed E-state index contributed by atoms with van der Waals surface area (Å²) in [5.41, 5.74) is 6.52. The van der Waals surface area contributed by atoms with Crippen LogP contribution in [0.3, 0.4) is 0 Å². The molecule has 3 heteroatoms. The van der Waals surface area contributed by atoms with Crippen LogP contribution in [0.15, 0.2) is 36.4 Å². The number of rotatable bonds is 3. The van der Waals surface area contributed by atoms with Crippen molar-refractivity contribution in [2.45, 2.75) is 6.04 Å². The van der Waals surface area contributed by atoms with E-state index in [1.54, 1.807) is 12.2 Å². The Labute approximate surface area is 83.2 Å². The molecule has 1 aromatic rings. The van der Waals surface area contributed by atoms with Crippen LogP contribution in [0.1, 0.15) is 5.56 Å². The molecule has 0 aliphatic rings. The van der Waals surface area contributed by atoms with Crippen molar-refractivity contribution >= 4 is 12.0 Å². The highest BCUT2D eigenvalue weighted by Gasteiger charge is 2.08. The summed E-state index contributed by atoms with van der Waals surface area (Å²) in [6.45, 7) is 0. The lowest BCUT2D eigenvalue weighted by Gasteiger charge is -2.02. The van der Waals surface area contributed by atoms with Crippen LogP contribution < -0.4 is 5.73 Å². The molecule has 1 aromatic carbocycles. The van der Waals surface area contributed by atoms with E-state index in [1.165, 1.54) is 7.11 Å². The number of hydrogen-bond donors (Lipinski definition) is 1. The van der Waals surface area contributed by atoms with Crippen LogP contribution in [0.25, 0.3) is 6.08 Å². The number of carbonyl (C=O) groups is 1. The Kier molecular flexibility index (Phi) is 3.88. The molecule has 0 aliphatic heterocycles. The highest BCUT2D eigenvalue weighted by Crippen LogP contribution is 2.01. The molecule has 0 saturated carbocycles. The normalized spacial score (nSPS) is 12.7. The van der Waals surface area contributed by atoms with Crippen molar-refractivity contribution in [3.63, 3.8) is 0 Å². The molecule has 74 valence electrons. The van der Waals surface area contributed by atoms with Crippen molar-refractivity contribution in [1.29, 1.82) is 0 Å². The zero-order chi connectivity index (χ0) is 10.4. The highest BCUT2D eigenvalue weighted by molar-refractivity contribution is 5.79. The molecule has 1 atom stereocenters. The van der Waals surface area contributed by atoms with Gasteiger partial charge in [0, 0.05) is 0 Å². The van der Waals surface area contributed by atoms with Crippen molar-refractivity contribution in [2.75, 3.05) is 7.11 Å². The van der Waals surface area contributed by atoms with Gasteiger partial charge in [-0.3, -0.25) is 4.79 Å². The number of benzene rings is 1. The SMILES string of the molecule is COC(=O)[C@@H](N)/C=C/c1ccccc1. The summed E-state index contributed by atoms with van der Waals surface area (Å²) in [6.07, 6.45) is 3.41. The van der Waals surface area contributed by atoms with E-state index in [-0.39, 0.29) is 0 Å². The van der Waals surface area contributed by atoms with Gasteiger partial charge in [0.15, 0.2) is 0 Å². The minimum Gasteiger partial charge on any atom is -0.468 e. The van der Waals surface area contributed by atoms with E-state index in [0.717, 1.165) is 5.56 Å². The molecule has 1 rings (SSSR count). The first-order chi connectivity index (χ1) is 6.74. The number of carbonyl (C=O) groups excluding carboxylic acids is 1. The third kappa shape index (κ3) is 3.03. The maximum atomic E-state index is 10.9. The second kappa shape index (κ2) is 5.19. The lowest BCUT2D eigenvalue weighted by atomic mass is 10.2. The standard InChI is InChI=1S/C11H13NO2/c1-14-11(13)10(12)8-7-9-5-3-2-4-6-9/h2-8,10H,12H2,1H3/b8-7+/t10-/m0/s1. The molecule has 0 radical (unpaired) electrons. The Morgan fingerprint density at radius 1 is 1.43 bits per heavy atom. The topological polar surface area (TPSA) is 52.3 Å². The van der Waals surface area contributed by atoms with Crippen molar-refractivity contribution in [3.05, 3.63) is 42.0 Å². The van der Waals surface area contributed by atoms with E-state index in [4.69, 9.17) is 5.73 Å². The molecular weight excluding hydrogens is 178 g/mol. The molecule has 0 fully saturated rings. The van der Waals surface area contributed by atoms with E-state index < -0.39 is 12.0 Å². The quantitative estimate of drug-likeness (QED) is 0.730. The summed E-state index contributed by atoms with van der Waals surface area (Å²) in [5.74, 6) is -0.433. The Hall–Kier alpha value is -1.61. The van der Waals surface area contributed by atoms with E-state index in [0.29, 0.717) is 0 Å². The van der Waals surface area contributed by atoms with Crippen molar-refractivity contribution < 1.29 is 9.53 Å². The minimum absolute atomic E-state index is 0.433. The van der Waals surface area contributed by atoms with Gasteiger partial charge >= 0.3 is 5.97 Å². The van der Waals surface area contributed by atoms with E-state index in [2.05, 4.69) is 4.74 Å². The zero-order valence-corrected chi connectivity index (χ0v) is 8.01. The monoisotopic (exact) mass is 191 g/mol. The molecule has 2 N–H and O–H groups in total. The summed E-state index contributed by atoms with van der Waals surface area (Å²) in [6, 6.07) is 8.94. The molecule has 0 amide bonds. The van der Waals surface area contributed by atoms with Crippen molar-refractivity contribution in [1.82, 2.24) is 0 Å². The summed E-state index contributed by atoms with van der Waals surface area (Å²) in [5, 5.41) is 0. The summed E-state index contributed by atoms with van der Waals surface area (Å²) < 4.78 is 4.49. The second-order valence-electron chi connectivity index (χ2n) is 2.82. The molecule has 3 nitrogen and oxygen atoms in total. The number of methoxy groups -OCH3 is 1. The lowest BCUT2D eigenvalue weighted by molar-refractivity contribution is -0.140. The fraction of sp³-hybridized carbons (Fsp3) is 0.182. The Morgan fingerprint density at radius 2 is 2.07 bits per heavy atom. The number of ether oxygens (including phenoxy) is 1. The largest absolute Gasteiger partial charge is 0.468 e. The fourth-order valence-corrected chi connectivity index (χ4v) is 0.994. The molecule has 0 bridgehead atoms. The van der Waals surface area contributed by atoms with Gasteiger partial charge in [0.05, 0.1) is 7.11 Å². The molecule has 0 spiro atoms. The molecule has 0 aliphatic carbocycles. The first kappa shape index (κ1) is 10.5. The van der Waals surface area contributed by atoms with Gasteiger partial charge in [-0.25, -0.2) is 0 Å². The Bertz CT molecular complexity index is 319. The van der Waals surface area contributed by atoms with Crippen molar-refractivity contribution in [2.24, 2.45) is 5.73 Å². The van der Waals surface area contributed by atoms with Crippen LogP contribution >= 0.6 is 0 Å². The van der Waals surface area contributed by atoms with Gasteiger partial charge in [0.25, 0.3) is 0 Å².